The molecule has 0 saturated heterocycles. The molecule has 4 aromatic heterocycles. The van der Waals surface area contributed by atoms with Gasteiger partial charge in [-0.25, -0.2) is 14.5 Å². The van der Waals surface area contributed by atoms with E-state index in [1.54, 1.807) is 61.4 Å². The fourth-order valence-corrected chi connectivity index (χ4v) is 4.90. The van der Waals surface area contributed by atoms with E-state index in [4.69, 9.17) is 9.05 Å². The molecule has 0 saturated carbocycles. The van der Waals surface area contributed by atoms with Crippen molar-refractivity contribution in [2.75, 3.05) is 32.6 Å². The van der Waals surface area contributed by atoms with Crippen molar-refractivity contribution in [2.24, 2.45) is 0 Å². The van der Waals surface area contributed by atoms with Crippen LogP contribution in [0.25, 0.3) is 33.3 Å². The maximum absolute atomic E-state index is 14.0. The molecule has 4 rings (SSSR count). The van der Waals surface area contributed by atoms with E-state index in [0.717, 1.165) is 0 Å². The summed E-state index contributed by atoms with van der Waals surface area (Å²) in [5.41, 5.74) is 3.44. The van der Waals surface area contributed by atoms with E-state index in [1.807, 2.05) is 25.1 Å². The van der Waals surface area contributed by atoms with Gasteiger partial charge in [0, 0.05) is 65.6 Å². The van der Waals surface area contributed by atoms with Gasteiger partial charge in [-0.1, -0.05) is 6.08 Å². The van der Waals surface area contributed by atoms with Crippen molar-refractivity contribution < 1.29 is 27.7 Å². The molecular weight excluding hydrogens is 538 g/mol. The van der Waals surface area contributed by atoms with Crippen molar-refractivity contribution in [3.8, 4) is 22.3 Å². The highest BCUT2D eigenvalue weighted by Gasteiger charge is 2.26. The minimum atomic E-state index is -4.32. The molecule has 13 heteroatoms. The van der Waals surface area contributed by atoms with Gasteiger partial charge in [0.1, 0.15) is 11.9 Å². The Morgan fingerprint density at radius 3 is 2.70 bits per heavy atom. The number of hydrogen-bond acceptors (Lipinski definition) is 8. The first-order chi connectivity index (χ1) is 19.1. The molecule has 0 spiro atoms. The summed E-state index contributed by atoms with van der Waals surface area (Å²) >= 11 is 0. The molecule has 0 bridgehead atoms. The van der Waals surface area contributed by atoms with Gasteiger partial charge in [-0.2, -0.15) is 4.39 Å². The number of nitrogens with zero attached hydrogens (tertiary/aromatic N) is 5. The van der Waals surface area contributed by atoms with E-state index in [9.17, 15) is 18.6 Å². The van der Waals surface area contributed by atoms with Crippen LogP contribution in [0, 0.1) is 5.95 Å². The summed E-state index contributed by atoms with van der Waals surface area (Å²) in [6, 6.07) is 6.56. The van der Waals surface area contributed by atoms with Crippen molar-refractivity contribution in [1.29, 1.82) is 0 Å². The van der Waals surface area contributed by atoms with Crippen molar-refractivity contribution in [1.82, 2.24) is 24.4 Å². The molecule has 2 unspecified atom stereocenters. The fourth-order valence-electron chi connectivity index (χ4n) is 4.02. The van der Waals surface area contributed by atoms with Gasteiger partial charge in [0.05, 0.1) is 18.5 Å². The number of aromatic nitrogens is 4. The average molecular weight is 569 g/mol. The predicted molar refractivity (Wildman–Crippen MR) is 150 cm³/mol. The Morgan fingerprint density at radius 2 is 1.98 bits per heavy atom. The highest BCUT2D eigenvalue weighted by molar-refractivity contribution is 7.47. The second kappa shape index (κ2) is 12.6. The van der Waals surface area contributed by atoms with Crippen LogP contribution in [0.5, 0.6) is 0 Å². The Labute approximate surface area is 230 Å². The van der Waals surface area contributed by atoms with Crippen LogP contribution in [-0.4, -0.2) is 62.5 Å². The number of rotatable bonds is 11. The smallest absolute Gasteiger partial charge is 0.321 e. The number of carbonyl (C=O) groups excluding carboxylic acids is 1. The number of anilines is 1. The lowest BCUT2D eigenvalue weighted by Crippen LogP contribution is -2.13. The zero-order chi connectivity index (χ0) is 28.9. The van der Waals surface area contributed by atoms with Gasteiger partial charge >= 0.3 is 7.82 Å². The highest BCUT2D eigenvalue weighted by atomic mass is 31.2. The first-order valence-electron chi connectivity index (χ1n) is 12.4. The maximum atomic E-state index is 14.0. The molecule has 0 aliphatic heterocycles. The molecule has 0 radical (unpaired) electrons. The SMILES string of the molecule is CCOP(=O)(O)OC(C)n1cc(-c2ccnc(F)c2)c2cc(-c3cncc(NC(=O)/C=C/CN(C)C)c3)cnc21. The second-order valence-electron chi connectivity index (χ2n) is 9.12. The van der Waals surface area contributed by atoms with Gasteiger partial charge in [0.2, 0.25) is 11.9 Å². The number of hydrogen-bond donors (Lipinski definition) is 2. The monoisotopic (exact) mass is 568 g/mol. The standard InChI is InChI=1S/C27H30FN6O5P/c1-5-38-40(36,37)39-18(2)34-17-24(19-8-9-30-25(28)13-19)23-12-21(15-31-27(23)34)20-11-22(16-29-14-20)32-26(35)7-6-10-33(3)4/h6-9,11-18H,5,10H2,1-4H3,(H,32,35)(H,36,37)/b7-6+. The molecule has 0 aliphatic rings. The summed E-state index contributed by atoms with van der Waals surface area (Å²) in [6.07, 6.45) is 10.1. The Morgan fingerprint density at radius 1 is 1.20 bits per heavy atom. The lowest BCUT2D eigenvalue weighted by atomic mass is 10.0. The summed E-state index contributed by atoms with van der Waals surface area (Å²) in [5.74, 6) is -0.939. The molecule has 0 aromatic carbocycles. The molecule has 0 aliphatic carbocycles. The lowest BCUT2D eigenvalue weighted by molar-refractivity contribution is -0.111. The third kappa shape index (κ3) is 7.23. The van der Waals surface area contributed by atoms with Crippen LogP contribution >= 0.6 is 7.82 Å². The Kier molecular flexibility index (Phi) is 9.18. The number of amides is 1. The Bertz CT molecular complexity index is 1590. The predicted octanol–water partition coefficient (Wildman–Crippen LogP) is 5.03. The van der Waals surface area contributed by atoms with Crippen LogP contribution in [0.2, 0.25) is 0 Å². The minimum absolute atomic E-state index is 0.00397. The molecule has 1 amide bonds. The van der Waals surface area contributed by atoms with Crippen molar-refractivity contribution >= 4 is 30.5 Å². The Balaban J connectivity index is 1.73. The van der Waals surface area contributed by atoms with Crippen molar-refractivity contribution in [2.45, 2.75) is 20.1 Å². The molecule has 210 valence electrons. The van der Waals surface area contributed by atoms with Crippen LogP contribution in [-0.2, 0) is 18.4 Å². The van der Waals surface area contributed by atoms with Crippen LogP contribution in [0.4, 0.5) is 10.1 Å². The van der Waals surface area contributed by atoms with Gasteiger partial charge < -0.3 is 19.7 Å². The molecule has 2 atom stereocenters. The van der Waals surface area contributed by atoms with E-state index in [1.165, 1.54) is 18.3 Å². The topological polar surface area (TPSA) is 132 Å². The van der Waals surface area contributed by atoms with Crippen molar-refractivity contribution in [3.05, 3.63) is 73.3 Å². The second-order valence-corrected chi connectivity index (χ2v) is 10.5. The third-order valence-corrected chi connectivity index (χ3v) is 6.91. The first kappa shape index (κ1) is 29.2. The lowest BCUT2D eigenvalue weighted by Gasteiger charge is -2.18. The number of phosphoric acid groups is 1. The van der Waals surface area contributed by atoms with E-state index < -0.39 is 20.0 Å². The summed E-state index contributed by atoms with van der Waals surface area (Å²) in [6.45, 7) is 3.79. The van der Waals surface area contributed by atoms with Gasteiger partial charge in [-0.15, -0.1) is 0 Å². The molecular formula is C27H30FN6O5P. The first-order valence-corrected chi connectivity index (χ1v) is 13.9. The molecule has 11 nitrogen and oxygen atoms in total. The van der Waals surface area contributed by atoms with Gasteiger partial charge in [0.25, 0.3) is 0 Å². The molecule has 2 N–H and O–H groups in total. The number of pyridine rings is 3. The quantitative estimate of drug-likeness (QED) is 0.145. The summed E-state index contributed by atoms with van der Waals surface area (Å²) in [4.78, 5) is 36.7. The number of nitrogens with one attached hydrogen (secondary N) is 1. The van der Waals surface area contributed by atoms with Crippen LogP contribution < -0.4 is 5.32 Å². The fraction of sp³-hybridized carbons (Fsp3) is 0.259. The van der Waals surface area contributed by atoms with E-state index >= 15 is 0 Å². The summed E-state index contributed by atoms with van der Waals surface area (Å²) in [7, 11) is -0.503. The Hall–Kier alpha value is -3.80. The van der Waals surface area contributed by atoms with Gasteiger partial charge in [-0.05, 0) is 51.7 Å². The van der Waals surface area contributed by atoms with Crippen LogP contribution in [0.3, 0.4) is 0 Å². The van der Waals surface area contributed by atoms with Crippen molar-refractivity contribution in [3.63, 3.8) is 0 Å². The zero-order valence-corrected chi connectivity index (χ0v) is 23.4. The zero-order valence-electron chi connectivity index (χ0n) is 22.5. The minimum Gasteiger partial charge on any atom is -0.321 e. The number of phosphoric ester groups is 1. The number of fused-ring (bicyclic) bond motifs is 1. The third-order valence-electron chi connectivity index (χ3n) is 5.76. The molecule has 4 aromatic rings. The van der Waals surface area contributed by atoms with Gasteiger partial charge in [-0.3, -0.25) is 18.8 Å². The van der Waals surface area contributed by atoms with E-state index in [2.05, 4.69) is 20.3 Å². The van der Waals surface area contributed by atoms with E-state index in [-0.39, 0.29) is 12.5 Å². The summed E-state index contributed by atoms with van der Waals surface area (Å²) in [5, 5.41) is 3.43. The van der Waals surface area contributed by atoms with Gasteiger partial charge in [0.15, 0.2) is 0 Å². The normalized spacial score (nSPS) is 14.1. The van der Waals surface area contributed by atoms with Crippen LogP contribution in [0.1, 0.15) is 20.1 Å². The number of carbonyl (C=O) groups is 1. The largest absolute Gasteiger partial charge is 0.474 e. The van der Waals surface area contributed by atoms with Crippen LogP contribution in [0.15, 0.2) is 67.4 Å². The number of halogens is 1. The molecule has 4 heterocycles. The molecule has 0 fully saturated rings. The maximum Gasteiger partial charge on any atom is 0.474 e. The molecule has 40 heavy (non-hydrogen) atoms. The summed E-state index contributed by atoms with van der Waals surface area (Å²) < 4.78 is 38.0. The van der Waals surface area contributed by atoms with E-state index in [0.29, 0.717) is 45.5 Å². The highest BCUT2D eigenvalue weighted by Crippen LogP contribution is 2.47. The number of likely N-dealkylation sites (N-methyl/N-ethyl adjacent to an activating group) is 1. The average Bonchev–Trinajstić information content (AvgIpc) is 3.27.